The van der Waals surface area contributed by atoms with E-state index in [0.29, 0.717) is 12.0 Å². The summed E-state index contributed by atoms with van der Waals surface area (Å²) in [5.41, 5.74) is 0. The summed E-state index contributed by atoms with van der Waals surface area (Å²) < 4.78 is 10.2. The molecule has 0 atom stereocenters. The van der Waals surface area contributed by atoms with E-state index in [1.54, 1.807) is 0 Å². The van der Waals surface area contributed by atoms with Gasteiger partial charge in [0.25, 0.3) is 0 Å². The Balaban J connectivity index is 1.57. The van der Waals surface area contributed by atoms with E-state index in [1.165, 1.54) is 27.1 Å². The Labute approximate surface area is 142 Å². The lowest BCUT2D eigenvalue weighted by molar-refractivity contribution is -0.126. The Morgan fingerprint density at radius 3 is 2.12 bits per heavy atom. The summed E-state index contributed by atoms with van der Waals surface area (Å²) in [6.07, 6.45) is 6.30. The predicted octanol–water partition coefficient (Wildman–Crippen LogP) is 1.16. The van der Waals surface area contributed by atoms with Gasteiger partial charge in [0, 0.05) is 25.0 Å². The van der Waals surface area contributed by atoms with Gasteiger partial charge in [-0.1, -0.05) is 12.8 Å². The first kappa shape index (κ1) is 16.7. The number of amides is 1. The second-order valence-corrected chi connectivity index (χ2v) is 6.36. The number of aromatic nitrogens is 3. The summed E-state index contributed by atoms with van der Waals surface area (Å²) in [5, 5.41) is 3.20. The van der Waals surface area contributed by atoms with E-state index in [4.69, 9.17) is 9.47 Å². The summed E-state index contributed by atoms with van der Waals surface area (Å²) in [5.74, 6) is 0.813. The summed E-state index contributed by atoms with van der Waals surface area (Å²) in [6, 6.07) is 0.850. The van der Waals surface area contributed by atoms with Gasteiger partial charge in [-0.2, -0.15) is 9.97 Å². The fourth-order valence-corrected chi connectivity index (χ4v) is 3.38. The molecule has 24 heavy (non-hydrogen) atoms. The van der Waals surface area contributed by atoms with Gasteiger partial charge in [0.2, 0.25) is 11.9 Å². The molecule has 0 bridgehead atoms. The zero-order valence-electron chi connectivity index (χ0n) is 14.3. The van der Waals surface area contributed by atoms with Gasteiger partial charge in [-0.25, -0.2) is 0 Å². The molecule has 0 spiro atoms. The van der Waals surface area contributed by atoms with E-state index in [2.05, 4.69) is 20.3 Å². The fraction of sp³-hybridized carbons (Fsp3) is 0.750. The Morgan fingerprint density at radius 1 is 1.00 bits per heavy atom. The average molecular weight is 335 g/mol. The van der Waals surface area contributed by atoms with Crippen molar-refractivity contribution >= 4 is 11.9 Å². The van der Waals surface area contributed by atoms with Crippen LogP contribution in [0.1, 0.15) is 38.5 Å². The van der Waals surface area contributed by atoms with Crippen LogP contribution in [0.5, 0.6) is 12.0 Å². The lowest BCUT2D eigenvalue weighted by Gasteiger charge is -2.31. The average Bonchev–Trinajstić information content (AvgIpc) is 3.14. The van der Waals surface area contributed by atoms with Gasteiger partial charge in [-0.05, 0) is 25.7 Å². The highest BCUT2D eigenvalue weighted by molar-refractivity contribution is 5.79. The second kappa shape index (κ2) is 7.63. The van der Waals surface area contributed by atoms with Crippen LogP contribution in [-0.2, 0) is 4.79 Å². The number of anilines is 1. The molecule has 2 heterocycles. The quantitative estimate of drug-likeness (QED) is 0.863. The predicted molar refractivity (Wildman–Crippen MR) is 88.3 cm³/mol. The Morgan fingerprint density at radius 2 is 1.58 bits per heavy atom. The molecule has 3 rings (SSSR count). The molecule has 2 fully saturated rings. The van der Waals surface area contributed by atoms with Crippen molar-refractivity contribution in [2.75, 3.05) is 32.2 Å². The minimum absolute atomic E-state index is 0.0764. The SMILES string of the molecule is COc1nc(OC)nc(N2CCC(C(=O)NC3CCCC3)CC2)n1. The number of methoxy groups -OCH3 is 2. The van der Waals surface area contributed by atoms with Gasteiger partial charge in [0.05, 0.1) is 14.2 Å². The number of carbonyl (C=O) groups is 1. The standard InChI is InChI=1S/C16H25N5O3/c1-23-15-18-14(19-16(20-15)24-2)21-9-7-11(8-10-21)13(22)17-12-5-3-4-6-12/h11-12H,3-10H2,1-2H3,(H,17,22). The fourth-order valence-electron chi connectivity index (χ4n) is 3.38. The number of nitrogens with one attached hydrogen (secondary N) is 1. The second-order valence-electron chi connectivity index (χ2n) is 6.36. The van der Waals surface area contributed by atoms with Gasteiger partial charge in [-0.3, -0.25) is 4.79 Å². The largest absolute Gasteiger partial charge is 0.467 e. The Kier molecular flexibility index (Phi) is 5.32. The lowest BCUT2D eigenvalue weighted by Crippen LogP contribution is -2.43. The van der Waals surface area contributed by atoms with Crippen LogP contribution in [0.25, 0.3) is 0 Å². The van der Waals surface area contributed by atoms with Gasteiger partial charge >= 0.3 is 12.0 Å². The highest BCUT2D eigenvalue weighted by atomic mass is 16.5. The van der Waals surface area contributed by atoms with Gasteiger partial charge in [0.1, 0.15) is 0 Å². The van der Waals surface area contributed by atoms with E-state index in [9.17, 15) is 4.79 Å². The Bertz CT molecular complexity index is 547. The monoisotopic (exact) mass is 335 g/mol. The number of rotatable bonds is 5. The van der Waals surface area contributed by atoms with Crippen LogP contribution in [-0.4, -0.2) is 54.2 Å². The smallest absolute Gasteiger partial charge is 0.324 e. The van der Waals surface area contributed by atoms with Crippen molar-refractivity contribution in [1.82, 2.24) is 20.3 Å². The molecule has 1 amide bonds. The van der Waals surface area contributed by atoms with Crippen LogP contribution in [0.3, 0.4) is 0 Å². The van der Waals surface area contributed by atoms with E-state index < -0.39 is 0 Å². The van der Waals surface area contributed by atoms with Gasteiger partial charge in [-0.15, -0.1) is 4.98 Å². The van der Waals surface area contributed by atoms with Crippen LogP contribution >= 0.6 is 0 Å². The molecule has 1 saturated heterocycles. The zero-order chi connectivity index (χ0) is 16.9. The number of carbonyl (C=O) groups excluding carboxylic acids is 1. The number of piperidine rings is 1. The van der Waals surface area contributed by atoms with E-state index >= 15 is 0 Å². The molecule has 1 aliphatic heterocycles. The zero-order valence-corrected chi connectivity index (χ0v) is 14.3. The Hall–Kier alpha value is -2.12. The molecule has 0 unspecified atom stereocenters. The highest BCUT2D eigenvalue weighted by Crippen LogP contribution is 2.24. The minimum atomic E-state index is 0.0764. The van der Waals surface area contributed by atoms with Gasteiger partial charge < -0.3 is 19.7 Å². The van der Waals surface area contributed by atoms with E-state index in [1.807, 2.05) is 4.90 Å². The molecule has 1 aromatic heterocycles. The molecule has 0 radical (unpaired) electrons. The lowest BCUT2D eigenvalue weighted by atomic mass is 9.95. The van der Waals surface area contributed by atoms with E-state index in [0.717, 1.165) is 38.8 Å². The molecule has 1 N–H and O–H groups in total. The number of nitrogens with zero attached hydrogens (tertiary/aromatic N) is 4. The molecular weight excluding hydrogens is 310 g/mol. The normalized spacial score (nSPS) is 19.3. The first-order valence-corrected chi connectivity index (χ1v) is 8.59. The van der Waals surface area contributed by atoms with Crippen molar-refractivity contribution < 1.29 is 14.3 Å². The third kappa shape index (κ3) is 3.85. The number of hydrogen-bond acceptors (Lipinski definition) is 7. The molecule has 1 saturated carbocycles. The molecule has 1 aliphatic carbocycles. The van der Waals surface area contributed by atoms with Crippen molar-refractivity contribution in [3.8, 4) is 12.0 Å². The minimum Gasteiger partial charge on any atom is -0.467 e. The van der Waals surface area contributed by atoms with Crippen LogP contribution in [0.4, 0.5) is 5.95 Å². The molecular formula is C16H25N5O3. The molecule has 8 nitrogen and oxygen atoms in total. The molecule has 1 aromatic rings. The summed E-state index contributed by atoms with van der Waals surface area (Å²) in [7, 11) is 3.02. The first-order valence-electron chi connectivity index (χ1n) is 8.59. The maximum atomic E-state index is 12.4. The third-order valence-corrected chi connectivity index (χ3v) is 4.80. The van der Waals surface area contributed by atoms with Crippen molar-refractivity contribution in [3.63, 3.8) is 0 Å². The summed E-state index contributed by atoms with van der Waals surface area (Å²) >= 11 is 0. The molecule has 8 heteroatoms. The maximum Gasteiger partial charge on any atom is 0.324 e. The van der Waals surface area contributed by atoms with Crippen LogP contribution in [0.2, 0.25) is 0 Å². The third-order valence-electron chi connectivity index (χ3n) is 4.80. The first-order chi connectivity index (χ1) is 11.7. The van der Waals surface area contributed by atoms with Crippen LogP contribution in [0.15, 0.2) is 0 Å². The van der Waals surface area contributed by atoms with Crippen molar-refractivity contribution in [3.05, 3.63) is 0 Å². The van der Waals surface area contributed by atoms with Crippen LogP contribution in [0, 0.1) is 5.92 Å². The molecule has 0 aromatic carbocycles. The van der Waals surface area contributed by atoms with Crippen molar-refractivity contribution in [1.29, 1.82) is 0 Å². The molecule has 132 valence electrons. The highest BCUT2D eigenvalue weighted by Gasteiger charge is 2.28. The van der Waals surface area contributed by atoms with Crippen molar-refractivity contribution in [2.24, 2.45) is 5.92 Å². The van der Waals surface area contributed by atoms with E-state index in [-0.39, 0.29) is 23.8 Å². The number of ether oxygens (including phenoxy) is 2. The van der Waals surface area contributed by atoms with Gasteiger partial charge in [0.15, 0.2) is 0 Å². The summed E-state index contributed by atoms with van der Waals surface area (Å²) in [4.78, 5) is 27.0. The van der Waals surface area contributed by atoms with Crippen LogP contribution < -0.4 is 19.7 Å². The number of hydrogen-bond donors (Lipinski definition) is 1. The maximum absolute atomic E-state index is 12.4. The topological polar surface area (TPSA) is 89.5 Å². The molecule has 2 aliphatic rings. The van der Waals surface area contributed by atoms with Crippen molar-refractivity contribution in [2.45, 2.75) is 44.6 Å². The summed E-state index contributed by atoms with van der Waals surface area (Å²) in [6.45, 7) is 1.47.